The Morgan fingerprint density at radius 2 is 1.67 bits per heavy atom. The fourth-order valence-corrected chi connectivity index (χ4v) is 8.45. The molecule has 0 N–H and O–H groups in total. The maximum absolute atomic E-state index is 7.11. The van der Waals surface area contributed by atoms with Crippen LogP contribution in [-0.4, -0.2) is 28.6 Å². The third kappa shape index (κ3) is 5.29. The molecule has 0 amide bonds. The Bertz CT molecular complexity index is 1220. The van der Waals surface area contributed by atoms with Crippen LogP contribution in [0.1, 0.15) is 76.5 Å². The van der Waals surface area contributed by atoms with Gasteiger partial charge in [0, 0.05) is 5.56 Å². The molecule has 212 valence electrons. The van der Waals surface area contributed by atoms with Crippen LogP contribution in [0.3, 0.4) is 0 Å². The first-order valence-electron chi connectivity index (χ1n) is 14.8. The monoisotopic (exact) mass is 548 g/mol. The number of benzene rings is 2. The molecule has 0 heterocycles. The lowest BCUT2D eigenvalue weighted by Gasteiger charge is -2.47. The standard InChI is InChI=1S/C34H48O4Si/c1-33(2,3)39(7,8)38-31-18-16-29-27-15-11-24-12-17-30(37-22-23-9-13-26(35-5)14-10-23)32(36-6)28(24)21-25(27)19-20-34(29,31)4/h9-10,12-14,17,29,31H,11,15-16,18-22H2,1-8H3/t29-,31-,34-/m0/s1. The first-order chi connectivity index (χ1) is 18.5. The molecule has 0 bridgehead atoms. The van der Waals surface area contributed by atoms with Crippen molar-refractivity contribution in [3.63, 3.8) is 0 Å². The van der Waals surface area contributed by atoms with Crippen LogP contribution in [0.5, 0.6) is 17.2 Å². The molecule has 3 aliphatic rings. The molecule has 3 aliphatic carbocycles. The first kappa shape index (κ1) is 28.3. The summed E-state index contributed by atoms with van der Waals surface area (Å²) in [6.45, 7) is 15.0. The minimum atomic E-state index is -1.81. The molecular weight excluding hydrogens is 500 g/mol. The highest BCUT2D eigenvalue weighted by Crippen LogP contribution is 2.58. The Labute approximate surface area is 237 Å². The summed E-state index contributed by atoms with van der Waals surface area (Å²) in [6.07, 6.45) is 8.45. The van der Waals surface area contributed by atoms with Gasteiger partial charge in [-0.25, -0.2) is 0 Å². The third-order valence-electron chi connectivity index (χ3n) is 10.5. The van der Waals surface area contributed by atoms with E-state index in [0.29, 0.717) is 18.6 Å². The molecule has 0 aliphatic heterocycles. The van der Waals surface area contributed by atoms with Gasteiger partial charge in [-0.2, -0.15) is 0 Å². The normalized spacial score (nSPS) is 24.9. The number of hydrogen-bond acceptors (Lipinski definition) is 4. The van der Waals surface area contributed by atoms with Crippen LogP contribution in [0.15, 0.2) is 47.5 Å². The van der Waals surface area contributed by atoms with Crippen molar-refractivity contribution in [2.45, 2.75) is 103 Å². The molecule has 3 atom stereocenters. The minimum absolute atomic E-state index is 0.244. The number of methoxy groups -OCH3 is 2. The van der Waals surface area contributed by atoms with Crippen LogP contribution < -0.4 is 14.2 Å². The summed E-state index contributed by atoms with van der Waals surface area (Å²) in [5.41, 5.74) is 7.47. The zero-order valence-electron chi connectivity index (χ0n) is 25.4. The van der Waals surface area contributed by atoms with Crippen molar-refractivity contribution >= 4 is 8.32 Å². The fraction of sp³-hybridized carbons (Fsp3) is 0.588. The number of ether oxygens (including phenoxy) is 3. The van der Waals surface area contributed by atoms with Gasteiger partial charge in [0.1, 0.15) is 12.4 Å². The highest BCUT2D eigenvalue weighted by molar-refractivity contribution is 6.74. The second-order valence-electron chi connectivity index (χ2n) is 13.7. The summed E-state index contributed by atoms with van der Waals surface area (Å²) in [7, 11) is 1.67. The van der Waals surface area contributed by atoms with Crippen molar-refractivity contribution in [2.24, 2.45) is 11.3 Å². The van der Waals surface area contributed by atoms with Crippen LogP contribution in [0.2, 0.25) is 18.1 Å². The smallest absolute Gasteiger partial charge is 0.192 e. The molecular formula is C34H48O4Si. The SMILES string of the molecule is COc1ccc(COc2ccc3c(c2OC)CC2=C(CC3)[C@@H]3CC[C@H](O[Si](C)(C)C(C)(C)C)[C@@]3(C)CC2)cc1. The number of allylic oxidation sites excluding steroid dienone is 2. The lowest BCUT2D eigenvalue weighted by molar-refractivity contribution is 0.0439. The van der Waals surface area contributed by atoms with Gasteiger partial charge in [-0.15, -0.1) is 0 Å². The molecule has 2 aromatic carbocycles. The molecule has 39 heavy (non-hydrogen) atoms. The summed E-state index contributed by atoms with van der Waals surface area (Å²) >= 11 is 0. The highest BCUT2D eigenvalue weighted by Gasteiger charge is 2.53. The first-order valence-corrected chi connectivity index (χ1v) is 17.7. The molecule has 0 aromatic heterocycles. The van der Waals surface area contributed by atoms with Crippen molar-refractivity contribution in [1.82, 2.24) is 0 Å². The van der Waals surface area contributed by atoms with Crippen molar-refractivity contribution < 1.29 is 18.6 Å². The van der Waals surface area contributed by atoms with Gasteiger partial charge in [-0.3, -0.25) is 0 Å². The van der Waals surface area contributed by atoms with Crippen molar-refractivity contribution in [2.75, 3.05) is 14.2 Å². The zero-order chi connectivity index (χ0) is 28.0. The molecule has 0 unspecified atom stereocenters. The summed E-state index contributed by atoms with van der Waals surface area (Å²) in [6, 6.07) is 12.4. The zero-order valence-corrected chi connectivity index (χ0v) is 26.4. The van der Waals surface area contributed by atoms with Gasteiger partial charge < -0.3 is 18.6 Å². The largest absolute Gasteiger partial charge is 0.497 e. The molecule has 1 saturated carbocycles. The van der Waals surface area contributed by atoms with E-state index >= 15 is 0 Å². The summed E-state index contributed by atoms with van der Waals surface area (Å²) < 4.78 is 24.7. The second-order valence-corrected chi connectivity index (χ2v) is 18.4. The average Bonchev–Trinajstić information content (AvgIpc) is 3.10. The predicted octanol–water partition coefficient (Wildman–Crippen LogP) is 8.67. The Kier molecular flexibility index (Phi) is 7.71. The highest BCUT2D eigenvalue weighted by atomic mass is 28.4. The molecule has 0 radical (unpaired) electrons. The maximum Gasteiger partial charge on any atom is 0.192 e. The summed E-state index contributed by atoms with van der Waals surface area (Å²) in [5.74, 6) is 3.24. The number of aryl methyl sites for hydroxylation is 1. The lowest BCUT2D eigenvalue weighted by atomic mass is 9.65. The van der Waals surface area contributed by atoms with Gasteiger partial charge in [0.25, 0.3) is 0 Å². The number of rotatable bonds is 7. The molecule has 0 saturated heterocycles. The van der Waals surface area contributed by atoms with Crippen molar-refractivity contribution in [1.29, 1.82) is 0 Å². The Balaban J connectivity index is 1.37. The number of fused-ring (bicyclic) bond motifs is 3. The van der Waals surface area contributed by atoms with Crippen LogP contribution in [0.25, 0.3) is 0 Å². The van der Waals surface area contributed by atoms with Gasteiger partial charge in [0.05, 0.1) is 20.3 Å². The van der Waals surface area contributed by atoms with E-state index in [1.54, 1.807) is 25.4 Å². The van der Waals surface area contributed by atoms with Crippen molar-refractivity contribution in [3.05, 3.63) is 64.2 Å². The van der Waals surface area contributed by atoms with E-state index in [-0.39, 0.29) is 10.5 Å². The van der Waals surface area contributed by atoms with Gasteiger partial charge in [0.15, 0.2) is 19.8 Å². The second kappa shape index (κ2) is 10.6. The van der Waals surface area contributed by atoms with E-state index in [1.807, 2.05) is 12.1 Å². The van der Waals surface area contributed by atoms with E-state index in [4.69, 9.17) is 18.6 Å². The average molecular weight is 549 g/mol. The van der Waals surface area contributed by atoms with E-state index in [0.717, 1.165) is 42.1 Å². The lowest BCUT2D eigenvalue weighted by Crippen LogP contribution is -2.48. The van der Waals surface area contributed by atoms with Gasteiger partial charge in [-0.1, -0.05) is 57.0 Å². The molecule has 5 rings (SSSR count). The minimum Gasteiger partial charge on any atom is -0.497 e. The number of hydrogen-bond donors (Lipinski definition) is 0. The van der Waals surface area contributed by atoms with Gasteiger partial charge in [0.2, 0.25) is 0 Å². The predicted molar refractivity (Wildman–Crippen MR) is 162 cm³/mol. The van der Waals surface area contributed by atoms with E-state index < -0.39 is 8.32 Å². The summed E-state index contributed by atoms with van der Waals surface area (Å²) in [5, 5.41) is 0.244. The van der Waals surface area contributed by atoms with Crippen LogP contribution in [0, 0.1) is 11.3 Å². The maximum atomic E-state index is 7.11. The van der Waals surface area contributed by atoms with Crippen molar-refractivity contribution in [3.8, 4) is 17.2 Å². The fourth-order valence-electron chi connectivity index (χ4n) is 6.99. The van der Waals surface area contributed by atoms with E-state index in [1.165, 1.54) is 36.8 Å². The van der Waals surface area contributed by atoms with Crippen LogP contribution >= 0.6 is 0 Å². The van der Waals surface area contributed by atoms with Crippen LogP contribution in [0.4, 0.5) is 0 Å². The third-order valence-corrected chi connectivity index (χ3v) is 15.0. The van der Waals surface area contributed by atoms with Crippen LogP contribution in [-0.2, 0) is 23.9 Å². The van der Waals surface area contributed by atoms with E-state index in [2.05, 4.69) is 65.1 Å². The van der Waals surface area contributed by atoms with E-state index in [9.17, 15) is 0 Å². The Morgan fingerprint density at radius 1 is 0.923 bits per heavy atom. The molecule has 1 fully saturated rings. The van der Waals surface area contributed by atoms with Gasteiger partial charge >= 0.3 is 0 Å². The quantitative estimate of drug-likeness (QED) is 0.256. The summed E-state index contributed by atoms with van der Waals surface area (Å²) in [4.78, 5) is 0. The Hall–Kier alpha value is -2.24. The molecule has 4 nitrogen and oxygen atoms in total. The molecule has 2 aromatic rings. The molecule has 5 heteroatoms. The topological polar surface area (TPSA) is 36.9 Å². The Morgan fingerprint density at radius 3 is 2.33 bits per heavy atom. The van der Waals surface area contributed by atoms with Gasteiger partial charge in [-0.05, 0) is 104 Å². The molecule has 0 spiro atoms.